The molecular formula is C17H19O3. The Hall–Kier alpha value is -2.16. The molecule has 0 bridgehead atoms. The minimum Gasteiger partial charge on any atom is -0.496 e. The first kappa shape index (κ1) is 14.3. The van der Waals surface area contributed by atoms with Crippen LogP contribution in [0.2, 0.25) is 0 Å². The van der Waals surface area contributed by atoms with Gasteiger partial charge in [0.1, 0.15) is 5.75 Å². The molecule has 0 N–H and O–H groups in total. The molecule has 0 saturated carbocycles. The molecular weight excluding hydrogens is 252 g/mol. The van der Waals surface area contributed by atoms with E-state index in [4.69, 9.17) is 14.2 Å². The second-order valence-corrected chi connectivity index (χ2v) is 4.41. The zero-order valence-corrected chi connectivity index (χ0v) is 12.1. The summed E-state index contributed by atoms with van der Waals surface area (Å²) >= 11 is 0. The SMILES string of the molecule is [CH2]C(c1ccccc1)c1cc(OC)c(OC)cc1OC. The van der Waals surface area contributed by atoms with Crippen molar-refractivity contribution in [2.75, 3.05) is 21.3 Å². The van der Waals surface area contributed by atoms with E-state index in [1.165, 1.54) is 0 Å². The fourth-order valence-electron chi connectivity index (χ4n) is 2.19. The van der Waals surface area contributed by atoms with Crippen molar-refractivity contribution in [3.8, 4) is 17.2 Å². The smallest absolute Gasteiger partial charge is 0.164 e. The Kier molecular flexibility index (Phi) is 4.51. The fraction of sp³-hybridized carbons (Fsp3) is 0.235. The molecule has 0 fully saturated rings. The van der Waals surface area contributed by atoms with Gasteiger partial charge in [-0.3, -0.25) is 0 Å². The molecule has 0 aliphatic rings. The molecule has 0 heterocycles. The molecule has 0 aromatic heterocycles. The van der Waals surface area contributed by atoms with Gasteiger partial charge >= 0.3 is 0 Å². The minimum absolute atomic E-state index is 0.0362. The van der Waals surface area contributed by atoms with Gasteiger partial charge in [0.2, 0.25) is 0 Å². The lowest BCUT2D eigenvalue weighted by atomic mass is 9.92. The zero-order chi connectivity index (χ0) is 14.5. The van der Waals surface area contributed by atoms with Gasteiger partial charge in [-0.2, -0.15) is 0 Å². The van der Waals surface area contributed by atoms with Crippen molar-refractivity contribution in [3.63, 3.8) is 0 Å². The van der Waals surface area contributed by atoms with Crippen LogP contribution in [0.1, 0.15) is 17.0 Å². The van der Waals surface area contributed by atoms with Crippen LogP contribution in [0, 0.1) is 6.92 Å². The van der Waals surface area contributed by atoms with Crippen LogP contribution in [0.4, 0.5) is 0 Å². The average Bonchev–Trinajstić information content (AvgIpc) is 2.53. The van der Waals surface area contributed by atoms with Gasteiger partial charge in [0.25, 0.3) is 0 Å². The predicted octanol–water partition coefficient (Wildman–Crippen LogP) is 3.68. The Morgan fingerprint density at radius 2 is 1.35 bits per heavy atom. The molecule has 0 aliphatic carbocycles. The molecule has 0 amide bonds. The molecule has 2 aromatic rings. The van der Waals surface area contributed by atoms with Gasteiger partial charge in [-0.1, -0.05) is 30.3 Å². The molecule has 20 heavy (non-hydrogen) atoms. The second kappa shape index (κ2) is 6.33. The molecule has 105 valence electrons. The van der Waals surface area contributed by atoms with E-state index in [2.05, 4.69) is 6.92 Å². The zero-order valence-electron chi connectivity index (χ0n) is 12.1. The highest BCUT2D eigenvalue weighted by atomic mass is 16.5. The maximum Gasteiger partial charge on any atom is 0.164 e. The lowest BCUT2D eigenvalue weighted by molar-refractivity contribution is 0.347. The highest BCUT2D eigenvalue weighted by Gasteiger charge is 2.17. The van der Waals surface area contributed by atoms with Crippen molar-refractivity contribution in [2.24, 2.45) is 0 Å². The highest BCUT2D eigenvalue weighted by Crippen LogP contribution is 2.39. The lowest BCUT2D eigenvalue weighted by Crippen LogP contribution is -2.02. The summed E-state index contributed by atoms with van der Waals surface area (Å²) in [6, 6.07) is 13.8. The summed E-state index contributed by atoms with van der Waals surface area (Å²) in [7, 11) is 4.87. The Bertz CT molecular complexity index is 564. The molecule has 0 spiro atoms. The number of rotatable bonds is 5. The van der Waals surface area contributed by atoms with E-state index in [1.807, 2.05) is 42.5 Å². The van der Waals surface area contributed by atoms with Gasteiger partial charge < -0.3 is 14.2 Å². The van der Waals surface area contributed by atoms with Gasteiger partial charge in [-0.05, 0) is 18.6 Å². The Morgan fingerprint density at radius 3 is 1.90 bits per heavy atom. The Morgan fingerprint density at radius 1 is 0.800 bits per heavy atom. The Labute approximate surface area is 120 Å². The molecule has 1 atom stereocenters. The van der Waals surface area contributed by atoms with Crippen molar-refractivity contribution in [3.05, 3.63) is 60.5 Å². The molecule has 3 heteroatoms. The largest absolute Gasteiger partial charge is 0.496 e. The van der Waals surface area contributed by atoms with E-state index in [1.54, 1.807) is 21.3 Å². The number of ether oxygens (including phenoxy) is 3. The molecule has 2 rings (SSSR count). The van der Waals surface area contributed by atoms with Gasteiger partial charge in [0.15, 0.2) is 11.5 Å². The van der Waals surface area contributed by atoms with Gasteiger partial charge in [0, 0.05) is 17.5 Å². The first-order valence-electron chi connectivity index (χ1n) is 6.39. The normalized spacial score (nSPS) is 11.8. The van der Waals surface area contributed by atoms with Crippen molar-refractivity contribution >= 4 is 0 Å². The summed E-state index contributed by atoms with van der Waals surface area (Å²) in [5.74, 6) is 2.03. The summed E-state index contributed by atoms with van der Waals surface area (Å²) < 4.78 is 16.1. The number of hydrogen-bond acceptors (Lipinski definition) is 3. The fourth-order valence-corrected chi connectivity index (χ4v) is 2.19. The van der Waals surface area contributed by atoms with Gasteiger partial charge in [0.05, 0.1) is 21.3 Å². The van der Waals surface area contributed by atoms with Crippen LogP contribution in [0.5, 0.6) is 17.2 Å². The summed E-state index contributed by atoms with van der Waals surface area (Å²) in [6.45, 7) is 4.24. The molecule has 0 aliphatic heterocycles. The quantitative estimate of drug-likeness (QED) is 0.830. The van der Waals surface area contributed by atoms with Crippen LogP contribution in [0.15, 0.2) is 42.5 Å². The van der Waals surface area contributed by atoms with Crippen LogP contribution in [0.25, 0.3) is 0 Å². The van der Waals surface area contributed by atoms with E-state index < -0.39 is 0 Å². The number of methoxy groups -OCH3 is 3. The van der Waals surface area contributed by atoms with E-state index in [9.17, 15) is 0 Å². The second-order valence-electron chi connectivity index (χ2n) is 4.41. The predicted molar refractivity (Wildman–Crippen MR) is 79.7 cm³/mol. The summed E-state index contributed by atoms with van der Waals surface area (Å²) in [5, 5.41) is 0. The monoisotopic (exact) mass is 271 g/mol. The third kappa shape index (κ3) is 2.72. The molecule has 1 unspecified atom stereocenters. The summed E-state index contributed by atoms with van der Waals surface area (Å²) in [5.41, 5.74) is 2.09. The standard InChI is InChI=1S/C17H19O3/c1-12(13-8-6-5-7-9-13)14-10-16(19-3)17(20-4)11-15(14)18-2/h5-12H,1H2,2-4H3. The van der Waals surface area contributed by atoms with Crippen LogP contribution in [-0.2, 0) is 0 Å². The van der Waals surface area contributed by atoms with Gasteiger partial charge in [-0.25, -0.2) is 0 Å². The van der Waals surface area contributed by atoms with Crippen LogP contribution < -0.4 is 14.2 Å². The first-order chi connectivity index (χ1) is 9.71. The maximum absolute atomic E-state index is 5.45. The average molecular weight is 271 g/mol. The molecule has 1 radical (unpaired) electrons. The van der Waals surface area contributed by atoms with Crippen LogP contribution >= 0.6 is 0 Å². The van der Waals surface area contributed by atoms with Crippen LogP contribution in [-0.4, -0.2) is 21.3 Å². The topological polar surface area (TPSA) is 27.7 Å². The summed E-state index contributed by atoms with van der Waals surface area (Å²) in [4.78, 5) is 0. The third-order valence-corrected chi connectivity index (χ3v) is 3.31. The third-order valence-electron chi connectivity index (χ3n) is 3.31. The molecule has 0 saturated heterocycles. The van der Waals surface area contributed by atoms with E-state index in [0.717, 1.165) is 16.9 Å². The number of benzene rings is 2. The molecule has 3 nitrogen and oxygen atoms in total. The van der Waals surface area contributed by atoms with Gasteiger partial charge in [-0.15, -0.1) is 0 Å². The Balaban J connectivity index is 2.49. The van der Waals surface area contributed by atoms with E-state index in [0.29, 0.717) is 11.5 Å². The van der Waals surface area contributed by atoms with Crippen molar-refractivity contribution in [1.29, 1.82) is 0 Å². The minimum atomic E-state index is -0.0362. The van der Waals surface area contributed by atoms with E-state index in [-0.39, 0.29) is 5.92 Å². The van der Waals surface area contributed by atoms with Crippen molar-refractivity contribution < 1.29 is 14.2 Å². The number of hydrogen-bond donors (Lipinski definition) is 0. The van der Waals surface area contributed by atoms with Crippen LogP contribution in [0.3, 0.4) is 0 Å². The first-order valence-corrected chi connectivity index (χ1v) is 6.39. The van der Waals surface area contributed by atoms with Crippen molar-refractivity contribution in [2.45, 2.75) is 5.92 Å². The highest BCUT2D eigenvalue weighted by molar-refractivity contribution is 5.54. The molecule has 2 aromatic carbocycles. The lowest BCUT2D eigenvalue weighted by Gasteiger charge is -2.19. The maximum atomic E-state index is 5.45. The summed E-state index contributed by atoms with van der Waals surface area (Å²) in [6.07, 6.45) is 0. The van der Waals surface area contributed by atoms with Crippen molar-refractivity contribution in [1.82, 2.24) is 0 Å². The van der Waals surface area contributed by atoms with E-state index >= 15 is 0 Å².